The van der Waals surface area contributed by atoms with Gasteiger partial charge in [-0.15, -0.1) is 10.2 Å². The smallest absolute Gasteiger partial charge is 0.296 e. The number of carbonyl (C=O) groups excluding carboxylic acids is 2. The van der Waals surface area contributed by atoms with Gasteiger partial charge in [-0.2, -0.15) is 0 Å². The fraction of sp³-hybridized carbons (Fsp3) is 0.385. The number of amides is 1. The predicted molar refractivity (Wildman–Crippen MR) is 68.0 cm³/mol. The molecule has 0 aliphatic rings. The van der Waals surface area contributed by atoms with Gasteiger partial charge in [-0.25, -0.2) is 0 Å². The van der Waals surface area contributed by atoms with Gasteiger partial charge in [0, 0.05) is 5.92 Å². The van der Waals surface area contributed by atoms with Gasteiger partial charge in [-0.05, 0) is 19.1 Å². The molecule has 2 heterocycles. The number of aromatic nitrogens is 2. The second-order valence-electron chi connectivity index (χ2n) is 4.63. The first-order valence-corrected chi connectivity index (χ1v) is 6.21. The number of carbonyl (C=O) groups is 2. The van der Waals surface area contributed by atoms with E-state index in [1.54, 1.807) is 6.92 Å². The maximum absolute atomic E-state index is 11.8. The summed E-state index contributed by atoms with van der Waals surface area (Å²) in [6, 6.07) is 2.41. The summed E-state index contributed by atoms with van der Waals surface area (Å²) in [5.74, 6) is -0.693. The van der Waals surface area contributed by atoms with Gasteiger partial charge in [0.1, 0.15) is 6.04 Å². The van der Waals surface area contributed by atoms with Crippen molar-refractivity contribution >= 4 is 11.7 Å². The Balaban J connectivity index is 2.01. The van der Waals surface area contributed by atoms with E-state index in [1.165, 1.54) is 18.4 Å². The molecule has 0 radical (unpaired) electrons. The number of nitrogens with one attached hydrogen (secondary N) is 1. The summed E-state index contributed by atoms with van der Waals surface area (Å²) >= 11 is 0. The Kier molecular flexibility index (Phi) is 3.97. The van der Waals surface area contributed by atoms with Crippen LogP contribution in [0.5, 0.6) is 0 Å². The third-order valence-corrected chi connectivity index (χ3v) is 2.62. The molecule has 1 atom stereocenters. The molecule has 7 nitrogen and oxygen atoms in total. The monoisotopic (exact) mass is 277 g/mol. The number of nitrogens with zero attached hydrogens (tertiary/aromatic N) is 2. The van der Waals surface area contributed by atoms with Crippen LogP contribution in [-0.4, -0.2) is 21.9 Å². The molecule has 20 heavy (non-hydrogen) atoms. The highest BCUT2D eigenvalue weighted by Crippen LogP contribution is 2.16. The quantitative estimate of drug-likeness (QED) is 0.661. The van der Waals surface area contributed by atoms with Gasteiger partial charge in [0.15, 0.2) is 5.76 Å². The largest absolute Gasteiger partial charge is 0.461 e. The molecular weight excluding hydrogens is 262 g/mol. The Morgan fingerprint density at radius 1 is 1.20 bits per heavy atom. The summed E-state index contributed by atoms with van der Waals surface area (Å²) in [4.78, 5) is 23.5. The number of hydrogen-bond donors (Lipinski definition) is 1. The summed E-state index contributed by atoms with van der Waals surface area (Å²) in [7, 11) is 0. The molecule has 0 aromatic carbocycles. The molecular formula is C13H15N3O4. The summed E-state index contributed by atoms with van der Waals surface area (Å²) < 4.78 is 10.3. The standard InChI is InChI=1S/C13H15N3O4/c1-7(2)12-15-16-13(20-12)8(3)14-11(18)10(17)9-5-4-6-19-9/h4-8H,1-3H3,(H,14,18)/t8-/m1/s1. The molecule has 1 amide bonds. The molecule has 0 aliphatic carbocycles. The van der Waals surface area contributed by atoms with Crippen LogP contribution in [-0.2, 0) is 4.79 Å². The van der Waals surface area contributed by atoms with Gasteiger partial charge in [0.25, 0.3) is 11.7 Å². The van der Waals surface area contributed by atoms with Crippen LogP contribution in [0, 0.1) is 0 Å². The molecule has 0 fully saturated rings. The van der Waals surface area contributed by atoms with Crippen LogP contribution < -0.4 is 5.32 Å². The Morgan fingerprint density at radius 2 is 1.90 bits per heavy atom. The summed E-state index contributed by atoms with van der Waals surface area (Å²) in [5.41, 5.74) is 0. The van der Waals surface area contributed by atoms with Crippen molar-refractivity contribution in [3.8, 4) is 0 Å². The molecule has 0 saturated heterocycles. The molecule has 2 aromatic rings. The average Bonchev–Trinajstić information content (AvgIpc) is 3.08. The molecule has 106 valence electrons. The van der Waals surface area contributed by atoms with Crippen molar-refractivity contribution in [1.82, 2.24) is 15.5 Å². The van der Waals surface area contributed by atoms with Crippen LogP contribution in [0.3, 0.4) is 0 Å². The molecule has 0 unspecified atom stereocenters. The molecule has 1 N–H and O–H groups in total. The number of furan rings is 1. The zero-order valence-electron chi connectivity index (χ0n) is 11.4. The summed E-state index contributed by atoms with van der Waals surface area (Å²) in [6.07, 6.45) is 1.33. The first kappa shape index (κ1) is 14.0. The molecule has 2 aromatic heterocycles. The molecule has 2 rings (SSSR count). The topological polar surface area (TPSA) is 98.2 Å². The lowest BCUT2D eigenvalue weighted by Crippen LogP contribution is -2.33. The average molecular weight is 277 g/mol. The summed E-state index contributed by atoms with van der Waals surface area (Å²) in [5, 5.41) is 10.2. The summed E-state index contributed by atoms with van der Waals surface area (Å²) in [6.45, 7) is 5.49. The molecule has 0 spiro atoms. The normalized spacial score (nSPS) is 12.4. The van der Waals surface area contributed by atoms with E-state index in [2.05, 4.69) is 15.5 Å². The van der Waals surface area contributed by atoms with Crippen molar-refractivity contribution in [3.05, 3.63) is 35.9 Å². The third-order valence-electron chi connectivity index (χ3n) is 2.62. The van der Waals surface area contributed by atoms with E-state index in [9.17, 15) is 9.59 Å². The van der Waals surface area contributed by atoms with E-state index in [0.717, 1.165) is 0 Å². The first-order valence-electron chi connectivity index (χ1n) is 6.21. The highest BCUT2D eigenvalue weighted by atomic mass is 16.4. The highest BCUT2D eigenvalue weighted by Gasteiger charge is 2.23. The second kappa shape index (κ2) is 5.68. The van der Waals surface area contributed by atoms with Crippen molar-refractivity contribution in [2.75, 3.05) is 0 Å². The number of Topliss-reactive ketones (excluding diaryl/α,β-unsaturated/α-hetero) is 1. The van der Waals surface area contributed by atoms with Crippen molar-refractivity contribution in [2.45, 2.75) is 32.7 Å². The van der Waals surface area contributed by atoms with Gasteiger partial charge in [-0.1, -0.05) is 13.8 Å². The zero-order chi connectivity index (χ0) is 14.7. The van der Waals surface area contributed by atoms with Crippen LogP contribution in [0.2, 0.25) is 0 Å². The lowest BCUT2D eigenvalue weighted by molar-refractivity contribution is -0.117. The van der Waals surface area contributed by atoms with Crippen molar-refractivity contribution in [1.29, 1.82) is 0 Å². The maximum atomic E-state index is 11.8. The fourth-order valence-corrected chi connectivity index (χ4v) is 1.50. The van der Waals surface area contributed by atoms with E-state index in [0.29, 0.717) is 5.89 Å². The number of ketones is 1. The molecule has 0 bridgehead atoms. The fourth-order valence-electron chi connectivity index (χ4n) is 1.50. The second-order valence-corrected chi connectivity index (χ2v) is 4.63. The minimum Gasteiger partial charge on any atom is -0.461 e. The van der Waals surface area contributed by atoms with Gasteiger partial charge in [0.2, 0.25) is 11.8 Å². The van der Waals surface area contributed by atoms with Crippen molar-refractivity contribution in [2.24, 2.45) is 0 Å². The minimum absolute atomic E-state index is 0.0110. The van der Waals surface area contributed by atoms with Gasteiger partial charge in [0.05, 0.1) is 6.26 Å². The lowest BCUT2D eigenvalue weighted by atomic mass is 10.2. The number of hydrogen-bond acceptors (Lipinski definition) is 6. The molecule has 7 heteroatoms. The molecule has 0 aliphatic heterocycles. The van der Waals surface area contributed by atoms with Crippen LogP contribution in [0.25, 0.3) is 0 Å². The molecule has 0 saturated carbocycles. The Morgan fingerprint density at radius 3 is 2.45 bits per heavy atom. The Labute approximate surface area is 115 Å². The predicted octanol–water partition coefficient (Wildman–Crippen LogP) is 1.85. The van der Waals surface area contributed by atoms with Gasteiger partial charge >= 0.3 is 0 Å². The van der Waals surface area contributed by atoms with Gasteiger partial charge < -0.3 is 14.2 Å². The van der Waals surface area contributed by atoms with E-state index in [1.807, 2.05) is 13.8 Å². The minimum atomic E-state index is -0.781. The van der Waals surface area contributed by atoms with Crippen LogP contribution in [0.1, 0.15) is 55.1 Å². The lowest BCUT2D eigenvalue weighted by Gasteiger charge is -2.08. The highest BCUT2D eigenvalue weighted by molar-refractivity contribution is 6.42. The van der Waals surface area contributed by atoms with Crippen LogP contribution >= 0.6 is 0 Å². The zero-order valence-corrected chi connectivity index (χ0v) is 11.4. The Bertz CT molecular complexity index is 601. The van der Waals surface area contributed by atoms with Gasteiger partial charge in [-0.3, -0.25) is 9.59 Å². The van der Waals surface area contributed by atoms with E-state index in [-0.39, 0.29) is 17.6 Å². The number of rotatable bonds is 5. The van der Waals surface area contributed by atoms with E-state index in [4.69, 9.17) is 8.83 Å². The SMILES string of the molecule is CC(C)c1nnc([C@@H](C)NC(=O)C(=O)c2ccco2)o1. The maximum Gasteiger partial charge on any atom is 0.296 e. The third kappa shape index (κ3) is 2.93. The van der Waals surface area contributed by atoms with E-state index >= 15 is 0 Å². The van der Waals surface area contributed by atoms with Crippen LogP contribution in [0.15, 0.2) is 27.2 Å². The van der Waals surface area contributed by atoms with Crippen molar-refractivity contribution < 1.29 is 18.4 Å². The van der Waals surface area contributed by atoms with Crippen LogP contribution in [0.4, 0.5) is 0 Å². The van der Waals surface area contributed by atoms with Crippen molar-refractivity contribution in [3.63, 3.8) is 0 Å². The van der Waals surface area contributed by atoms with E-state index < -0.39 is 17.7 Å². The Hall–Kier alpha value is -2.44. The first-order chi connectivity index (χ1) is 9.49.